The molecule has 4 aromatic heterocycles. The van der Waals surface area contributed by atoms with Crippen LogP contribution in [0.1, 0.15) is 276 Å². The summed E-state index contributed by atoms with van der Waals surface area (Å²) in [7, 11) is 8.76. The topological polar surface area (TPSA) is 15.5 Å². The number of aryl methyl sites for hydroxylation is 9. The van der Waals surface area contributed by atoms with E-state index in [2.05, 4.69) is 452 Å². The van der Waals surface area contributed by atoms with Gasteiger partial charge in [-0.3, -0.25) is 0 Å². The second kappa shape index (κ2) is 36.0. The van der Waals surface area contributed by atoms with E-state index in [1.165, 1.54) is 292 Å². The Hall–Kier alpha value is -11.7. The zero-order chi connectivity index (χ0) is 95.7. The summed E-state index contributed by atoms with van der Waals surface area (Å²) in [6.07, 6.45) is 27.4. The van der Waals surface area contributed by atoms with Crippen LogP contribution in [0, 0.1) is 39.5 Å². The first kappa shape index (κ1) is 93.3. The van der Waals surface area contributed by atoms with Gasteiger partial charge in [-0.25, -0.2) is 18.3 Å². The zero-order valence-electron chi connectivity index (χ0n) is 86.4. The van der Waals surface area contributed by atoms with Crippen molar-refractivity contribution in [1.29, 1.82) is 0 Å². The van der Waals surface area contributed by atoms with Gasteiger partial charge in [-0.15, -0.1) is 0 Å². The second-order valence-electron chi connectivity index (χ2n) is 45.9. The normalized spacial score (nSPS) is 16.7. The highest BCUT2D eigenvalue weighted by Gasteiger charge is 2.51. The molecule has 0 saturated heterocycles. The minimum Gasteiger partial charge on any atom is -0.201 e. The third kappa shape index (κ3) is 16.2. The van der Waals surface area contributed by atoms with Crippen molar-refractivity contribution >= 4 is 43.1 Å². The first-order valence-corrected chi connectivity index (χ1v) is 51.6. The molecule has 6 aliphatic rings. The maximum atomic E-state index is 2.52. The zero-order valence-corrected chi connectivity index (χ0v) is 86.4. The Morgan fingerprint density at radius 2 is 0.728 bits per heavy atom. The number of rotatable bonds is 10. The Morgan fingerprint density at radius 1 is 0.294 bits per heavy atom. The number of nitrogens with zero attached hydrogens (tertiary/aromatic N) is 4. The van der Waals surface area contributed by atoms with Gasteiger partial charge in [0.2, 0.25) is 22.8 Å². The second-order valence-corrected chi connectivity index (χ2v) is 45.9. The molecule has 2 saturated carbocycles. The van der Waals surface area contributed by atoms with Gasteiger partial charge in [0.05, 0.1) is 11.1 Å². The number of pyridine rings is 4. The number of benzene rings is 12. The molecule has 22 rings (SSSR count). The van der Waals surface area contributed by atoms with E-state index < -0.39 is 0 Å². The summed E-state index contributed by atoms with van der Waals surface area (Å²) in [6, 6.07) is 92.7. The summed E-state index contributed by atoms with van der Waals surface area (Å²) in [5.74, 6) is 2.72. The van der Waals surface area contributed by atoms with Crippen LogP contribution in [0.3, 0.4) is 0 Å². The molecule has 6 aliphatic carbocycles. The van der Waals surface area contributed by atoms with Crippen LogP contribution in [0.5, 0.6) is 0 Å². The van der Waals surface area contributed by atoms with Crippen molar-refractivity contribution in [2.75, 3.05) is 0 Å². The Kier molecular flexibility index (Phi) is 24.7. The van der Waals surface area contributed by atoms with Gasteiger partial charge in [0.25, 0.3) is 0 Å². The maximum Gasteiger partial charge on any atom is 0.213 e. The fourth-order valence-electron chi connectivity index (χ4n) is 25.2. The molecule has 4 heterocycles. The molecule has 0 N–H and O–H groups in total. The molecule has 136 heavy (non-hydrogen) atoms. The lowest BCUT2D eigenvalue weighted by molar-refractivity contribution is -0.660. The monoisotopic (exact) mass is 1790 g/mol. The Bertz CT molecular complexity index is 7390. The minimum absolute atomic E-state index is 0.0169. The molecule has 0 unspecified atom stereocenters. The van der Waals surface area contributed by atoms with Crippen molar-refractivity contribution < 1.29 is 18.3 Å². The lowest BCUT2D eigenvalue weighted by Crippen LogP contribution is -2.45. The van der Waals surface area contributed by atoms with Crippen LogP contribution in [0.2, 0.25) is 0 Å². The summed E-state index contributed by atoms with van der Waals surface area (Å²) < 4.78 is 9.23. The predicted molar refractivity (Wildman–Crippen MR) is 577 cm³/mol. The lowest BCUT2D eigenvalue weighted by atomic mass is 9.53. The van der Waals surface area contributed by atoms with E-state index in [1.54, 1.807) is 0 Å². The van der Waals surface area contributed by atoms with E-state index >= 15 is 0 Å². The van der Waals surface area contributed by atoms with Crippen molar-refractivity contribution in [2.24, 2.45) is 40.0 Å². The molecule has 0 aliphatic heterocycles. The highest BCUT2D eigenvalue weighted by Crippen LogP contribution is 2.61. The van der Waals surface area contributed by atoms with Gasteiger partial charge in [-0.05, 0) is 312 Å². The van der Waals surface area contributed by atoms with Crippen LogP contribution in [0.25, 0.3) is 133 Å². The van der Waals surface area contributed by atoms with Crippen LogP contribution < -0.4 is 18.3 Å². The van der Waals surface area contributed by atoms with E-state index in [9.17, 15) is 0 Å². The van der Waals surface area contributed by atoms with Crippen molar-refractivity contribution in [3.8, 4) is 89.5 Å². The third-order valence-corrected chi connectivity index (χ3v) is 35.3. The van der Waals surface area contributed by atoms with E-state index in [0.29, 0.717) is 17.8 Å². The number of hydrogen-bond donors (Lipinski definition) is 0. The highest BCUT2D eigenvalue weighted by molar-refractivity contribution is 6.03. The van der Waals surface area contributed by atoms with Crippen molar-refractivity contribution in [2.45, 2.75) is 273 Å². The van der Waals surface area contributed by atoms with Crippen molar-refractivity contribution in [1.82, 2.24) is 0 Å². The van der Waals surface area contributed by atoms with Gasteiger partial charge in [0.15, 0.2) is 24.8 Å². The molecule has 0 atom stereocenters. The fraction of sp³-hybridized carbons (Fsp3) is 0.364. The Morgan fingerprint density at radius 3 is 1.36 bits per heavy atom. The summed E-state index contributed by atoms with van der Waals surface area (Å²) in [6.45, 7) is 47.6. The van der Waals surface area contributed by atoms with Gasteiger partial charge in [-0.2, -0.15) is 0 Å². The SMILES string of the molecule is Cc1cc2c(cc1-c1cc(C(C)C)cc[n+]1C)-c1cc3ccccc3cc1C(C)(C)C2(C)C.Cc1cc2c(cc1-c1cc(C3CCCCC3)cc[n+]1C)-c1c(ccc3ccccc13)C(C)(C)C2(C)C.Cc1ccc2c(c1-c1cc(CC(C)C)cc[n+]1C)CCc1c-2ccc2ccccc12.Cc1ccc2c(c1-c1cc(CC3CCCCC3)cc[n+]1C)C(C)(C)C(C)(C)c1c-2ccc2ccccc12. The molecular weight excluding hydrogens is 1640 g/mol. The standard InChI is InChI=1S/C36H42N.C35H40N.C32H36N.C29H30N/c1-24-16-18-30-29-19-17-27-14-10-11-15-28(27)33(29)35(2,3)36(4,5)34(30)32(24)31-23-26(20-21-37(31)6)22-25-12-8-7-9-13-25;1-23-20-31-29(22-28(23)32-21-26(18-19-36(32)6)24-12-8-7-9-13-24)33-27-15-11-10-14-25(27)16-17-30(33)34(2,3)35(31,4)5;1-20(2)22-13-14-33(8)30(18-22)25-19-27-26-16-23-11-9-10-12-24(23)17-29(26)32(6,7)31(4,5)28(27)15-21(25)3;1-19(2)17-21-15-16-30(4)28(18-21)29-20(3)9-11-26-25-12-10-22-7-5-6-8-23(22)24(25)13-14-27(26)29/h10-11,14-21,23,25H,7-9,12-13,22H2,1-6H3;10-11,14-22,24H,7-9,12-13H2,1-6H3;9-20H,1-8H3;5-12,15-16,18-19H,13-14,17H2,1-4H3/q4*+1. The average Bonchev–Trinajstić information content (AvgIpc) is 0.672. The molecule has 4 nitrogen and oxygen atoms in total. The minimum atomic E-state index is -0.0484. The Balaban J connectivity index is 0.000000117. The van der Waals surface area contributed by atoms with Gasteiger partial charge in [0.1, 0.15) is 28.2 Å². The Labute approximate surface area is 814 Å². The van der Waals surface area contributed by atoms with Gasteiger partial charge in [0, 0.05) is 70.5 Å². The third-order valence-electron chi connectivity index (χ3n) is 35.3. The number of aromatic nitrogens is 4. The van der Waals surface area contributed by atoms with Crippen LogP contribution in [0.15, 0.2) is 267 Å². The summed E-state index contributed by atoms with van der Waals surface area (Å²) >= 11 is 0. The lowest BCUT2D eigenvalue weighted by Gasteiger charge is -2.49. The van der Waals surface area contributed by atoms with E-state index in [4.69, 9.17) is 0 Å². The molecular formula is C132H148N4+4. The quantitative estimate of drug-likeness (QED) is 0.121. The average molecular weight is 1790 g/mol. The molecule has 692 valence electrons. The van der Waals surface area contributed by atoms with Gasteiger partial charge in [-0.1, -0.05) is 332 Å². The van der Waals surface area contributed by atoms with Crippen LogP contribution in [0.4, 0.5) is 0 Å². The fourth-order valence-corrected chi connectivity index (χ4v) is 25.2. The molecule has 0 bridgehead atoms. The number of hydrogen-bond acceptors (Lipinski definition) is 0. The first-order chi connectivity index (χ1) is 64.9. The van der Waals surface area contributed by atoms with Gasteiger partial charge < -0.3 is 0 Å². The van der Waals surface area contributed by atoms with Crippen LogP contribution in [-0.2, 0) is 86.4 Å². The highest BCUT2D eigenvalue weighted by atomic mass is 14.9. The summed E-state index contributed by atoms with van der Waals surface area (Å²) in [5, 5.41) is 10.8. The molecule has 2 fully saturated rings. The molecule has 16 aromatic rings. The molecule has 0 amide bonds. The summed E-state index contributed by atoms with van der Waals surface area (Å²) in [5.41, 5.74) is 45.3. The molecule has 0 radical (unpaired) electrons. The van der Waals surface area contributed by atoms with Gasteiger partial charge >= 0.3 is 0 Å². The van der Waals surface area contributed by atoms with Crippen molar-refractivity contribution in [3.63, 3.8) is 0 Å². The summed E-state index contributed by atoms with van der Waals surface area (Å²) in [4.78, 5) is 0. The van der Waals surface area contributed by atoms with Crippen LogP contribution in [-0.4, -0.2) is 0 Å². The first-order valence-electron chi connectivity index (χ1n) is 51.6. The molecule has 12 aromatic carbocycles. The smallest absolute Gasteiger partial charge is 0.201 e. The largest absolute Gasteiger partial charge is 0.213 e. The van der Waals surface area contributed by atoms with E-state index in [1.807, 2.05) is 0 Å². The maximum absolute atomic E-state index is 2.52. The van der Waals surface area contributed by atoms with E-state index in [-0.39, 0.29) is 32.5 Å². The predicted octanol–water partition coefficient (Wildman–Crippen LogP) is 32.5. The molecule has 4 heteroatoms. The number of fused-ring (bicyclic) bond motifs is 19. The molecule has 0 spiro atoms. The van der Waals surface area contributed by atoms with E-state index in [0.717, 1.165) is 25.2 Å². The van der Waals surface area contributed by atoms with Crippen molar-refractivity contribution in [3.05, 3.63) is 356 Å². The van der Waals surface area contributed by atoms with Crippen LogP contribution >= 0.6 is 0 Å².